The maximum atomic E-state index is 13.0. The Kier molecular flexibility index (Phi) is 4.40. The highest BCUT2D eigenvalue weighted by Crippen LogP contribution is 2.33. The van der Waals surface area contributed by atoms with E-state index in [4.69, 9.17) is 11.6 Å². The van der Waals surface area contributed by atoms with Gasteiger partial charge in [0.1, 0.15) is 0 Å². The van der Waals surface area contributed by atoms with E-state index in [1.807, 2.05) is 31.2 Å². The van der Waals surface area contributed by atoms with Gasteiger partial charge in [-0.3, -0.25) is 4.79 Å². The highest BCUT2D eigenvalue weighted by Gasteiger charge is 2.38. The van der Waals surface area contributed by atoms with Crippen molar-refractivity contribution in [3.63, 3.8) is 0 Å². The Bertz CT molecular complexity index is 814. The molecule has 2 N–H and O–H groups in total. The Balaban J connectivity index is 2.02. The third kappa shape index (κ3) is 3.05. The molecule has 0 radical (unpaired) electrons. The second-order valence-electron chi connectivity index (χ2n) is 5.81. The van der Waals surface area contributed by atoms with Crippen LogP contribution in [0.5, 0.6) is 0 Å². The van der Waals surface area contributed by atoms with Gasteiger partial charge in [0, 0.05) is 16.3 Å². The number of hydrogen-bond acceptors (Lipinski definition) is 2. The zero-order chi connectivity index (χ0) is 17.3. The number of carbonyl (C=O) groups is 2. The van der Waals surface area contributed by atoms with Crippen molar-refractivity contribution in [2.24, 2.45) is 5.92 Å². The summed E-state index contributed by atoms with van der Waals surface area (Å²) in [6, 6.07) is 13.6. The molecule has 1 aliphatic rings. The maximum absolute atomic E-state index is 13.0. The lowest BCUT2D eigenvalue weighted by molar-refractivity contribution is 0.0905. The summed E-state index contributed by atoms with van der Waals surface area (Å²) in [6.45, 7) is 5.85. The molecule has 2 aromatic rings. The summed E-state index contributed by atoms with van der Waals surface area (Å²) in [5, 5.41) is 6.04. The third-order valence-corrected chi connectivity index (χ3v) is 4.46. The van der Waals surface area contributed by atoms with Gasteiger partial charge in [-0.15, -0.1) is 0 Å². The molecule has 3 rings (SSSR count). The van der Waals surface area contributed by atoms with Crippen LogP contribution in [-0.2, 0) is 0 Å². The van der Waals surface area contributed by atoms with Crippen molar-refractivity contribution in [2.45, 2.75) is 13.0 Å². The molecule has 0 aliphatic carbocycles. The molecule has 4 nitrogen and oxygen atoms in total. The standard InChI is InChI=1S/C19H17ClN2O2/c1-11-5-3-4-6-15(11)17-16(12(2)21-19(24)22-17)18(23)13-7-9-14(20)10-8-13/h3-10,16-17H,2H2,1H3,(H2,21,22,24)/t16-,17+/m1/s1. The van der Waals surface area contributed by atoms with Crippen LogP contribution in [0.15, 0.2) is 60.8 Å². The number of urea groups is 1. The number of Topliss-reactive ketones (excluding diaryl/α,β-unsaturated/α-hetero) is 1. The minimum absolute atomic E-state index is 0.114. The number of benzene rings is 2. The van der Waals surface area contributed by atoms with E-state index in [2.05, 4.69) is 17.2 Å². The van der Waals surface area contributed by atoms with Crippen molar-refractivity contribution in [2.75, 3.05) is 0 Å². The molecular formula is C19H17ClN2O2. The van der Waals surface area contributed by atoms with Crippen molar-refractivity contribution >= 4 is 23.4 Å². The molecule has 1 saturated heterocycles. The molecule has 0 unspecified atom stereocenters. The van der Waals surface area contributed by atoms with Gasteiger partial charge in [0.25, 0.3) is 0 Å². The van der Waals surface area contributed by atoms with Crippen LogP contribution in [-0.4, -0.2) is 11.8 Å². The number of amides is 2. The molecule has 2 aromatic carbocycles. The van der Waals surface area contributed by atoms with Gasteiger partial charge in [-0.25, -0.2) is 4.79 Å². The predicted octanol–water partition coefficient (Wildman–Crippen LogP) is 4.02. The van der Waals surface area contributed by atoms with Crippen LogP contribution in [0, 0.1) is 12.8 Å². The zero-order valence-electron chi connectivity index (χ0n) is 13.2. The SMILES string of the molecule is C=C1NC(=O)N[C@@H](c2ccccc2C)[C@@H]1C(=O)c1ccc(Cl)cc1. The molecule has 0 spiro atoms. The van der Waals surface area contributed by atoms with Crippen LogP contribution in [0.3, 0.4) is 0 Å². The van der Waals surface area contributed by atoms with Gasteiger partial charge in [-0.1, -0.05) is 42.4 Å². The van der Waals surface area contributed by atoms with Crippen molar-refractivity contribution in [1.82, 2.24) is 10.6 Å². The zero-order valence-corrected chi connectivity index (χ0v) is 13.9. The number of rotatable bonds is 3. The lowest BCUT2D eigenvalue weighted by Crippen LogP contribution is -2.50. The fourth-order valence-corrected chi connectivity index (χ4v) is 3.11. The summed E-state index contributed by atoms with van der Waals surface area (Å²) >= 11 is 5.90. The summed E-state index contributed by atoms with van der Waals surface area (Å²) in [7, 11) is 0. The number of nitrogens with one attached hydrogen (secondary N) is 2. The van der Waals surface area contributed by atoms with E-state index in [1.165, 1.54) is 0 Å². The van der Waals surface area contributed by atoms with Crippen LogP contribution in [0.2, 0.25) is 5.02 Å². The molecule has 122 valence electrons. The molecule has 0 saturated carbocycles. The van der Waals surface area contributed by atoms with Crippen molar-refractivity contribution < 1.29 is 9.59 Å². The number of aryl methyl sites for hydroxylation is 1. The number of halogens is 1. The van der Waals surface area contributed by atoms with E-state index in [0.29, 0.717) is 16.3 Å². The van der Waals surface area contributed by atoms with E-state index in [-0.39, 0.29) is 11.8 Å². The van der Waals surface area contributed by atoms with Crippen LogP contribution in [0.4, 0.5) is 4.79 Å². The van der Waals surface area contributed by atoms with Gasteiger partial charge >= 0.3 is 6.03 Å². The van der Waals surface area contributed by atoms with Crippen molar-refractivity contribution in [1.29, 1.82) is 0 Å². The van der Waals surface area contributed by atoms with E-state index in [0.717, 1.165) is 11.1 Å². The monoisotopic (exact) mass is 340 g/mol. The van der Waals surface area contributed by atoms with Gasteiger partial charge in [-0.05, 0) is 42.3 Å². The van der Waals surface area contributed by atoms with Crippen LogP contribution in [0.1, 0.15) is 27.5 Å². The predicted molar refractivity (Wildman–Crippen MR) is 94.0 cm³/mol. The first-order valence-corrected chi connectivity index (χ1v) is 7.97. The van der Waals surface area contributed by atoms with Gasteiger partial charge in [-0.2, -0.15) is 0 Å². The Morgan fingerprint density at radius 1 is 1.12 bits per heavy atom. The number of carbonyl (C=O) groups excluding carboxylic acids is 2. The number of hydrogen-bond donors (Lipinski definition) is 2. The first-order valence-electron chi connectivity index (χ1n) is 7.59. The van der Waals surface area contributed by atoms with Gasteiger partial charge in [0.2, 0.25) is 0 Å². The lowest BCUT2D eigenvalue weighted by Gasteiger charge is -2.34. The highest BCUT2D eigenvalue weighted by atomic mass is 35.5. The molecule has 24 heavy (non-hydrogen) atoms. The van der Waals surface area contributed by atoms with E-state index >= 15 is 0 Å². The third-order valence-electron chi connectivity index (χ3n) is 4.20. The first kappa shape index (κ1) is 16.3. The topological polar surface area (TPSA) is 58.2 Å². The number of ketones is 1. The van der Waals surface area contributed by atoms with Gasteiger partial charge in [0.15, 0.2) is 5.78 Å². The highest BCUT2D eigenvalue weighted by molar-refractivity contribution is 6.30. The van der Waals surface area contributed by atoms with Crippen LogP contribution in [0.25, 0.3) is 0 Å². The summed E-state index contributed by atoms with van der Waals surface area (Å²) in [5.74, 6) is -0.706. The largest absolute Gasteiger partial charge is 0.330 e. The van der Waals surface area contributed by atoms with Crippen LogP contribution < -0.4 is 10.6 Å². The first-order chi connectivity index (χ1) is 11.5. The Morgan fingerprint density at radius 2 is 1.79 bits per heavy atom. The minimum Gasteiger partial charge on any atom is -0.330 e. The second kappa shape index (κ2) is 6.49. The quantitative estimate of drug-likeness (QED) is 0.829. The van der Waals surface area contributed by atoms with Crippen LogP contribution >= 0.6 is 11.6 Å². The second-order valence-corrected chi connectivity index (χ2v) is 6.24. The smallest absolute Gasteiger partial charge is 0.319 e. The molecule has 2 atom stereocenters. The average Bonchev–Trinajstić information content (AvgIpc) is 2.55. The molecular weight excluding hydrogens is 324 g/mol. The molecule has 1 fully saturated rings. The maximum Gasteiger partial charge on any atom is 0.319 e. The average molecular weight is 341 g/mol. The fourth-order valence-electron chi connectivity index (χ4n) is 2.98. The summed E-state index contributed by atoms with van der Waals surface area (Å²) in [6.07, 6.45) is 0. The minimum atomic E-state index is -0.593. The Labute approximate surface area is 145 Å². The van der Waals surface area contributed by atoms with Gasteiger partial charge < -0.3 is 10.6 Å². The molecule has 0 aromatic heterocycles. The summed E-state index contributed by atoms with van der Waals surface area (Å²) in [5.41, 5.74) is 2.83. The Morgan fingerprint density at radius 3 is 2.46 bits per heavy atom. The van der Waals surface area contributed by atoms with E-state index in [1.54, 1.807) is 24.3 Å². The Hall–Kier alpha value is -2.59. The molecule has 1 aliphatic heterocycles. The lowest BCUT2D eigenvalue weighted by atomic mass is 9.82. The van der Waals surface area contributed by atoms with E-state index in [9.17, 15) is 9.59 Å². The van der Waals surface area contributed by atoms with Gasteiger partial charge in [0.05, 0.1) is 12.0 Å². The molecule has 2 amide bonds. The molecule has 1 heterocycles. The van der Waals surface area contributed by atoms with Crippen molar-refractivity contribution in [3.8, 4) is 0 Å². The summed E-state index contributed by atoms with van der Waals surface area (Å²) < 4.78 is 0. The summed E-state index contributed by atoms with van der Waals surface area (Å²) in [4.78, 5) is 24.9. The molecule has 5 heteroatoms. The normalized spacial score (nSPS) is 20.2. The fraction of sp³-hybridized carbons (Fsp3) is 0.158. The van der Waals surface area contributed by atoms with E-state index < -0.39 is 12.0 Å². The molecule has 0 bridgehead atoms. The van der Waals surface area contributed by atoms with Crippen molar-refractivity contribution in [3.05, 3.63) is 82.5 Å².